The van der Waals surface area contributed by atoms with Gasteiger partial charge in [0.1, 0.15) is 5.82 Å². The first-order valence-corrected chi connectivity index (χ1v) is 9.32. The molecule has 0 radical (unpaired) electrons. The summed E-state index contributed by atoms with van der Waals surface area (Å²) in [6.45, 7) is 3.10. The van der Waals surface area contributed by atoms with Crippen LogP contribution >= 0.6 is 0 Å². The quantitative estimate of drug-likeness (QED) is 0.888. The molecule has 1 saturated heterocycles. The summed E-state index contributed by atoms with van der Waals surface area (Å²) < 4.78 is 14.8. The molecule has 1 unspecified atom stereocenters. The van der Waals surface area contributed by atoms with Gasteiger partial charge in [-0.3, -0.25) is 9.69 Å². The van der Waals surface area contributed by atoms with E-state index in [0.717, 1.165) is 43.6 Å². The maximum Gasteiger partial charge on any atom is 0.241 e. The molecule has 136 valence electrons. The molecule has 2 heterocycles. The van der Waals surface area contributed by atoms with E-state index in [1.807, 2.05) is 24.3 Å². The summed E-state index contributed by atoms with van der Waals surface area (Å²) in [5, 5.41) is 6.08. The maximum absolute atomic E-state index is 14.8. The highest BCUT2D eigenvalue weighted by Gasteiger charge is 2.31. The van der Waals surface area contributed by atoms with Crippen molar-refractivity contribution in [2.75, 3.05) is 18.4 Å². The van der Waals surface area contributed by atoms with E-state index in [2.05, 4.69) is 27.7 Å². The Balaban J connectivity index is 1.47. The van der Waals surface area contributed by atoms with E-state index in [-0.39, 0.29) is 17.8 Å². The van der Waals surface area contributed by atoms with Gasteiger partial charge in [0.15, 0.2) is 0 Å². The van der Waals surface area contributed by atoms with Crippen molar-refractivity contribution in [3.63, 3.8) is 0 Å². The molecule has 2 aliphatic rings. The number of benzene rings is 2. The second-order valence-electron chi connectivity index (χ2n) is 7.09. The molecule has 2 N–H and O–H groups in total. The van der Waals surface area contributed by atoms with Crippen LogP contribution < -0.4 is 10.6 Å². The summed E-state index contributed by atoms with van der Waals surface area (Å²) >= 11 is 0. The summed E-state index contributed by atoms with van der Waals surface area (Å²) in [5.74, 6) is -0.379. The van der Waals surface area contributed by atoms with Crippen LogP contribution in [0.2, 0.25) is 0 Å². The van der Waals surface area contributed by atoms with Gasteiger partial charge in [0, 0.05) is 13.1 Å². The van der Waals surface area contributed by atoms with Crippen molar-refractivity contribution in [3.05, 3.63) is 65.0 Å². The third kappa shape index (κ3) is 3.50. The van der Waals surface area contributed by atoms with Crippen LogP contribution in [0, 0.1) is 5.82 Å². The van der Waals surface area contributed by atoms with Crippen LogP contribution in [0.15, 0.2) is 42.5 Å². The minimum Gasteiger partial charge on any atom is -0.322 e. The molecule has 1 atom stereocenters. The van der Waals surface area contributed by atoms with Crippen LogP contribution in [0.25, 0.3) is 0 Å². The number of amides is 1. The second kappa shape index (κ2) is 7.56. The Bertz CT molecular complexity index is 793. The van der Waals surface area contributed by atoms with E-state index in [1.54, 1.807) is 6.07 Å². The van der Waals surface area contributed by atoms with E-state index in [9.17, 15) is 9.18 Å². The largest absolute Gasteiger partial charge is 0.322 e. The number of carbonyl (C=O) groups excluding carboxylic acids is 1. The third-order valence-corrected chi connectivity index (χ3v) is 5.36. The molecule has 2 aromatic carbocycles. The van der Waals surface area contributed by atoms with Crippen LogP contribution in [-0.2, 0) is 24.3 Å². The van der Waals surface area contributed by atoms with Crippen LogP contribution in [0.3, 0.4) is 0 Å². The molecule has 2 aliphatic heterocycles. The first-order valence-electron chi connectivity index (χ1n) is 9.32. The van der Waals surface area contributed by atoms with Gasteiger partial charge in [-0.2, -0.15) is 0 Å². The lowest BCUT2D eigenvalue weighted by Crippen LogP contribution is -2.39. The average Bonchev–Trinajstić information content (AvgIpc) is 3.13. The zero-order valence-corrected chi connectivity index (χ0v) is 14.8. The van der Waals surface area contributed by atoms with Crippen molar-refractivity contribution in [2.24, 2.45) is 0 Å². The van der Waals surface area contributed by atoms with Crippen LogP contribution in [0.4, 0.5) is 10.1 Å². The van der Waals surface area contributed by atoms with E-state index in [1.165, 1.54) is 5.56 Å². The van der Waals surface area contributed by atoms with Gasteiger partial charge in [-0.25, -0.2) is 4.39 Å². The minimum absolute atomic E-state index is 0.105. The predicted molar refractivity (Wildman–Crippen MR) is 100 cm³/mol. The standard InChI is InChI=1S/C21H24FN3O/c22-20-17-10-11-23-13-16(17)8-9-18(20)24-21(26)19-7-4-12-25(19)14-15-5-2-1-3-6-15/h1-3,5-6,8-9,19,23H,4,7,10-14H2,(H,24,26). The normalized spacial score (nSPS) is 20.0. The Labute approximate surface area is 153 Å². The molecule has 0 saturated carbocycles. The van der Waals surface area contributed by atoms with Gasteiger partial charge in [-0.1, -0.05) is 36.4 Å². The molecule has 5 heteroatoms. The molecule has 1 fully saturated rings. The van der Waals surface area contributed by atoms with E-state index in [4.69, 9.17) is 0 Å². The Hall–Kier alpha value is -2.24. The summed E-state index contributed by atoms with van der Waals surface area (Å²) in [4.78, 5) is 15.0. The molecule has 0 bridgehead atoms. The lowest BCUT2D eigenvalue weighted by molar-refractivity contribution is -0.120. The van der Waals surface area contributed by atoms with Crippen molar-refractivity contribution in [2.45, 2.75) is 38.4 Å². The van der Waals surface area contributed by atoms with Crippen molar-refractivity contribution in [3.8, 4) is 0 Å². The van der Waals surface area contributed by atoms with Gasteiger partial charge in [-0.05, 0) is 55.1 Å². The summed E-state index contributed by atoms with van der Waals surface area (Å²) in [5.41, 5.74) is 3.22. The Morgan fingerprint density at radius 1 is 1.23 bits per heavy atom. The molecular weight excluding hydrogens is 329 g/mol. The van der Waals surface area contributed by atoms with E-state index >= 15 is 0 Å². The SMILES string of the molecule is O=C(Nc1ccc2c(c1F)CCNC2)C1CCCN1Cc1ccccc1. The van der Waals surface area contributed by atoms with Gasteiger partial charge >= 0.3 is 0 Å². The van der Waals surface area contributed by atoms with Crippen molar-refractivity contribution in [1.82, 2.24) is 10.2 Å². The lowest BCUT2D eigenvalue weighted by atomic mass is 9.99. The number of anilines is 1. The molecule has 26 heavy (non-hydrogen) atoms. The average molecular weight is 353 g/mol. The molecule has 4 nitrogen and oxygen atoms in total. The highest BCUT2D eigenvalue weighted by molar-refractivity contribution is 5.95. The van der Waals surface area contributed by atoms with Crippen molar-refractivity contribution in [1.29, 1.82) is 0 Å². The number of nitrogens with zero attached hydrogens (tertiary/aromatic N) is 1. The van der Waals surface area contributed by atoms with Crippen LogP contribution in [-0.4, -0.2) is 29.9 Å². The Kier molecular flexibility index (Phi) is 5.00. The smallest absolute Gasteiger partial charge is 0.241 e. The number of likely N-dealkylation sites (tertiary alicyclic amines) is 1. The molecule has 0 aromatic heterocycles. The molecule has 1 amide bonds. The van der Waals surface area contributed by atoms with Crippen molar-refractivity contribution >= 4 is 11.6 Å². The van der Waals surface area contributed by atoms with Gasteiger partial charge in [0.25, 0.3) is 0 Å². The number of hydrogen-bond acceptors (Lipinski definition) is 3. The molecule has 0 aliphatic carbocycles. The predicted octanol–water partition coefficient (Wildman–Crippen LogP) is 3.07. The summed E-state index contributed by atoms with van der Waals surface area (Å²) in [7, 11) is 0. The zero-order chi connectivity index (χ0) is 17.9. The fraction of sp³-hybridized carbons (Fsp3) is 0.381. The lowest BCUT2D eigenvalue weighted by Gasteiger charge is -2.24. The van der Waals surface area contributed by atoms with Gasteiger partial charge in [0.05, 0.1) is 11.7 Å². The second-order valence-corrected chi connectivity index (χ2v) is 7.09. The first kappa shape index (κ1) is 17.2. The minimum atomic E-state index is -0.273. The third-order valence-electron chi connectivity index (χ3n) is 5.36. The van der Waals surface area contributed by atoms with Crippen LogP contribution in [0.1, 0.15) is 29.5 Å². The summed E-state index contributed by atoms with van der Waals surface area (Å²) in [6.07, 6.45) is 2.47. The highest BCUT2D eigenvalue weighted by atomic mass is 19.1. The molecular formula is C21H24FN3O. The van der Waals surface area contributed by atoms with E-state index in [0.29, 0.717) is 18.7 Å². The fourth-order valence-corrected chi connectivity index (χ4v) is 3.98. The Morgan fingerprint density at radius 2 is 2.08 bits per heavy atom. The number of hydrogen-bond donors (Lipinski definition) is 2. The van der Waals surface area contributed by atoms with Gasteiger partial charge in [0.2, 0.25) is 5.91 Å². The highest BCUT2D eigenvalue weighted by Crippen LogP contribution is 2.26. The number of fused-ring (bicyclic) bond motifs is 1. The number of carbonyl (C=O) groups is 1. The Morgan fingerprint density at radius 3 is 2.92 bits per heavy atom. The maximum atomic E-state index is 14.8. The van der Waals surface area contributed by atoms with Gasteiger partial charge < -0.3 is 10.6 Å². The molecule has 2 aromatic rings. The van der Waals surface area contributed by atoms with Gasteiger partial charge in [-0.15, -0.1) is 0 Å². The van der Waals surface area contributed by atoms with E-state index < -0.39 is 0 Å². The fourth-order valence-electron chi connectivity index (χ4n) is 3.98. The number of rotatable bonds is 4. The topological polar surface area (TPSA) is 44.4 Å². The number of halogens is 1. The van der Waals surface area contributed by atoms with Crippen molar-refractivity contribution < 1.29 is 9.18 Å². The molecule has 4 rings (SSSR count). The monoisotopic (exact) mass is 353 g/mol. The number of nitrogens with one attached hydrogen (secondary N) is 2. The zero-order valence-electron chi connectivity index (χ0n) is 14.8. The molecule has 0 spiro atoms. The summed E-state index contributed by atoms with van der Waals surface area (Å²) in [6, 6.07) is 13.6. The van der Waals surface area contributed by atoms with Crippen LogP contribution in [0.5, 0.6) is 0 Å². The first-order chi connectivity index (χ1) is 12.7.